The lowest BCUT2D eigenvalue weighted by molar-refractivity contribution is -0.213. The van der Waals surface area contributed by atoms with E-state index in [1.807, 2.05) is 13.0 Å². The van der Waals surface area contributed by atoms with Gasteiger partial charge in [0.1, 0.15) is 0 Å². The van der Waals surface area contributed by atoms with E-state index in [1.54, 1.807) is 16.8 Å². The summed E-state index contributed by atoms with van der Waals surface area (Å²) in [5.41, 5.74) is 1.50. The number of rotatable bonds is 5. The van der Waals surface area contributed by atoms with Crippen LogP contribution in [-0.2, 0) is 17.6 Å². The van der Waals surface area contributed by atoms with Gasteiger partial charge in [-0.15, -0.1) is 0 Å². The van der Waals surface area contributed by atoms with Crippen LogP contribution in [0.5, 0.6) is 0 Å². The Morgan fingerprint density at radius 1 is 1.40 bits per heavy atom. The topological polar surface area (TPSA) is 39.4 Å². The van der Waals surface area contributed by atoms with Crippen molar-refractivity contribution in [1.29, 1.82) is 0 Å². The number of nitrogens with zero attached hydrogens (tertiary/aromatic N) is 3. The number of hydrogen-bond donors (Lipinski definition) is 0. The highest BCUT2D eigenvalue weighted by atomic mass is 19.4. The average Bonchev–Trinajstić information content (AvgIpc) is 2.81. The minimum Gasteiger partial charge on any atom is -0.369 e. The van der Waals surface area contributed by atoms with E-state index in [2.05, 4.69) is 10.1 Å². The quantitative estimate of drug-likeness (QED) is 0.849. The summed E-state index contributed by atoms with van der Waals surface area (Å²) >= 11 is 0. The van der Waals surface area contributed by atoms with E-state index in [1.165, 1.54) is 0 Å². The van der Waals surface area contributed by atoms with Crippen LogP contribution in [0.3, 0.4) is 0 Å². The fourth-order valence-electron chi connectivity index (χ4n) is 1.79. The molecule has 110 valence electrons. The van der Waals surface area contributed by atoms with Crippen LogP contribution in [0.2, 0.25) is 0 Å². The molecule has 1 atom stereocenters. The highest BCUT2D eigenvalue weighted by molar-refractivity contribution is 5.47. The molecule has 7 heteroatoms. The molecule has 0 saturated heterocycles. The lowest BCUT2D eigenvalue weighted by Crippen LogP contribution is -2.29. The van der Waals surface area contributed by atoms with Gasteiger partial charge in [-0.3, -0.25) is 0 Å². The number of aromatic nitrogens is 3. The highest BCUT2D eigenvalue weighted by Crippen LogP contribution is 2.22. The average molecular weight is 287 g/mol. The molecule has 2 rings (SSSR count). The zero-order valence-electron chi connectivity index (χ0n) is 11.3. The van der Waals surface area contributed by atoms with Gasteiger partial charge in [-0.05, 0) is 25.0 Å². The summed E-state index contributed by atoms with van der Waals surface area (Å²) in [6.07, 6.45) is -3.23. The first-order chi connectivity index (χ1) is 9.41. The molecule has 0 spiro atoms. The fourth-order valence-corrected chi connectivity index (χ4v) is 1.79. The molecule has 2 aromatic rings. The molecular formula is C13H16F3N3O. The van der Waals surface area contributed by atoms with Crippen LogP contribution in [0, 0.1) is 0 Å². The molecule has 0 saturated carbocycles. The smallest absolute Gasteiger partial charge is 0.369 e. The van der Waals surface area contributed by atoms with Gasteiger partial charge in [0, 0.05) is 12.6 Å². The van der Waals surface area contributed by atoms with Crippen LogP contribution in [0.15, 0.2) is 18.3 Å². The molecule has 0 unspecified atom stereocenters. The molecule has 0 N–H and O–H groups in total. The first-order valence-corrected chi connectivity index (χ1v) is 6.43. The minimum atomic E-state index is -4.32. The summed E-state index contributed by atoms with van der Waals surface area (Å²) in [5, 5.41) is 4.26. The molecule has 0 amide bonds. The number of halogens is 3. The predicted octanol–water partition coefficient (Wildman–Crippen LogP) is 2.80. The molecule has 20 heavy (non-hydrogen) atoms. The van der Waals surface area contributed by atoms with Crippen molar-refractivity contribution < 1.29 is 17.9 Å². The van der Waals surface area contributed by atoms with Crippen molar-refractivity contribution in [3.63, 3.8) is 0 Å². The molecule has 0 radical (unpaired) electrons. The SMILES string of the molecule is CCc1nc2c(CCO[C@@H](C)C(F)(F)F)cccn2n1. The first-order valence-electron chi connectivity index (χ1n) is 6.43. The van der Waals surface area contributed by atoms with E-state index in [-0.39, 0.29) is 6.61 Å². The van der Waals surface area contributed by atoms with Crippen molar-refractivity contribution in [2.75, 3.05) is 6.61 Å². The second-order valence-corrected chi connectivity index (χ2v) is 4.49. The zero-order valence-corrected chi connectivity index (χ0v) is 11.3. The molecule has 0 fully saturated rings. The Morgan fingerprint density at radius 2 is 2.15 bits per heavy atom. The Morgan fingerprint density at radius 3 is 2.80 bits per heavy atom. The van der Waals surface area contributed by atoms with E-state index in [0.717, 1.165) is 12.5 Å². The van der Waals surface area contributed by atoms with E-state index in [9.17, 15) is 13.2 Å². The zero-order chi connectivity index (χ0) is 14.8. The van der Waals surface area contributed by atoms with Gasteiger partial charge in [-0.2, -0.15) is 18.3 Å². The van der Waals surface area contributed by atoms with Crippen molar-refractivity contribution >= 4 is 5.65 Å². The Kier molecular flexibility index (Phi) is 4.27. The van der Waals surface area contributed by atoms with Gasteiger partial charge >= 0.3 is 6.18 Å². The Labute approximate surface area is 114 Å². The normalized spacial score (nSPS) is 13.8. The number of aryl methyl sites for hydroxylation is 1. The van der Waals surface area contributed by atoms with Crippen LogP contribution >= 0.6 is 0 Å². The second-order valence-electron chi connectivity index (χ2n) is 4.49. The van der Waals surface area contributed by atoms with Crippen molar-refractivity contribution in [3.8, 4) is 0 Å². The Hall–Kier alpha value is -1.63. The van der Waals surface area contributed by atoms with Crippen LogP contribution in [-0.4, -0.2) is 33.5 Å². The van der Waals surface area contributed by atoms with Gasteiger partial charge in [0.15, 0.2) is 17.6 Å². The van der Waals surface area contributed by atoms with Crippen LogP contribution < -0.4 is 0 Å². The third-order valence-corrected chi connectivity index (χ3v) is 3.00. The maximum atomic E-state index is 12.3. The lowest BCUT2D eigenvalue weighted by Gasteiger charge is -2.16. The van der Waals surface area contributed by atoms with Crippen LogP contribution in [0.4, 0.5) is 13.2 Å². The highest BCUT2D eigenvalue weighted by Gasteiger charge is 2.36. The summed E-state index contributed by atoms with van der Waals surface area (Å²) in [6.45, 7) is 2.95. The van der Waals surface area contributed by atoms with Crippen LogP contribution in [0.1, 0.15) is 25.2 Å². The molecular weight excluding hydrogens is 271 g/mol. The number of alkyl halides is 3. The summed E-state index contributed by atoms with van der Waals surface area (Å²) in [5.74, 6) is 0.710. The summed E-state index contributed by atoms with van der Waals surface area (Å²) < 4.78 is 43.4. The maximum absolute atomic E-state index is 12.3. The third-order valence-electron chi connectivity index (χ3n) is 3.00. The number of pyridine rings is 1. The van der Waals surface area contributed by atoms with Crippen molar-refractivity contribution in [1.82, 2.24) is 14.6 Å². The molecule has 2 aromatic heterocycles. The second kappa shape index (κ2) is 5.78. The number of fused-ring (bicyclic) bond motifs is 1. The Bertz CT molecular complexity index is 580. The lowest BCUT2D eigenvalue weighted by atomic mass is 10.2. The largest absolute Gasteiger partial charge is 0.414 e. The van der Waals surface area contributed by atoms with Crippen molar-refractivity contribution in [2.45, 2.75) is 39.0 Å². The van der Waals surface area contributed by atoms with E-state index in [0.29, 0.717) is 24.3 Å². The molecule has 0 aromatic carbocycles. The molecule has 0 aliphatic carbocycles. The van der Waals surface area contributed by atoms with Crippen molar-refractivity contribution in [3.05, 3.63) is 29.7 Å². The van der Waals surface area contributed by atoms with Gasteiger partial charge in [0.25, 0.3) is 0 Å². The van der Waals surface area contributed by atoms with E-state index in [4.69, 9.17) is 4.74 Å². The third kappa shape index (κ3) is 3.27. The van der Waals surface area contributed by atoms with Gasteiger partial charge in [0.2, 0.25) is 0 Å². The van der Waals surface area contributed by atoms with Gasteiger partial charge < -0.3 is 4.74 Å². The van der Waals surface area contributed by atoms with Gasteiger partial charge in [0.05, 0.1) is 6.61 Å². The fraction of sp³-hybridized carbons (Fsp3) is 0.538. The Balaban J connectivity index is 2.05. The molecule has 0 bridgehead atoms. The summed E-state index contributed by atoms with van der Waals surface area (Å²) in [6, 6.07) is 3.62. The summed E-state index contributed by atoms with van der Waals surface area (Å²) in [4.78, 5) is 4.35. The monoisotopic (exact) mass is 287 g/mol. The predicted molar refractivity (Wildman–Crippen MR) is 67.5 cm³/mol. The van der Waals surface area contributed by atoms with Crippen LogP contribution in [0.25, 0.3) is 5.65 Å². The molecule has 2 heterocycles. The molecule has 4 nitrogen and oxygen atoms in total. The number of hydrogen-bond acceptors (Lipinski definition) is 3. The van der Waals surface area contributed by atoms with Crippen molar-refractivity contribution in [2.24, 2.45) is 0 Å². The first kappa shape index (κ1) is 14.8. The minimum absolute atomic E-state index is 0.00529. The van der Waals surface area contributed by atoms with Gasteiger partial charge in [-0.25, -0.2) is 9.50 Å². The summed E-state index contributed by atoms with van der Waals surface area (Å²) in [7, 11) is 0. The number of ether oxygens (including phenoxy) is 1. The molecule has 0 aliphatic heterocycles. The van der Waals surface area contributed by atoms with E-state index >= 15 is 0 Å². The maximum Gasteiger partial charge on any atom is 0.414 e. The standard InChI is InChI=1S/C13H16F3N3O/c1-3-11-17-12-10(5-4-7-19(12)18-11)6-8-20-9(2)13(14,15)16/h4-5,7,9H,3,6,8H2,1-2H3/t9-/m0/s1. The van der Waals surface area contributed by atoms with Gasteiger partial charge in [-0.1, -0.05) is 13.0 Å². The molecule has 0 aliphatic rings. The van der Waals surface area contributed by atoms with E-state index < -0.39 is 12.3 Å².